The Labute approximate surface area is 109 Å². The van der Waals surface area contributed by atoms with Gasteiger partial charge in [0.05, 0.1) is 11.0 Å². The second-order valence-corrected chi connectivity index (χ2v) is 5.35. The van der Waals surface area contributed by atoms with Gasteiger partial charge in [0, 0.05) is 17.4 Å². The number of rotatable bonds is 4. The van der Waals surface area contributed by atoms with Crippen molar-refractivity contribution in [1.82, 2.24) is 9.97 Å². The molecular formula is C14H14N2OS. The molecule has 0 aliphatic rings. The van der Waals surface area contributed by atoms with E-state index in [-0.39, 0.29) is 5.75 Å². The molecule has 0 bridgehead atoms. The highest BCUT2D eigenvalue weighted by Crippen LogP contribution is 2.19. The summed E-state index contributed by atoms with van der Waals surface area (Å²) in [5.74, 6) is 1.27. The van der Waals surface area contributed by atoms with Gasteiger partial charge in [0.15, 0.2) is 0 Å². The Balaban J connectivity index is 1.67. The van der Waals surface area contributed by atoms with Crippen molar-refractivity contribution in [2.45, 2.75) is 19.3 Å². The Morgan fingerprint density at radius 3 is 3.00 bits per heavy atom. The summed E-state index contributed by atoms with van der Waals surface area (Å²) in [4.78, 5) is 9.18. The molecule has 4 heteroatoms. The van der Waals surface area contributed by atoms with Crippen LogP contribution in [0.1, 0.15) is 17.1 Å². The number of aryl methyl sites for hydroxylation is 2. The third-order valence-corrected chi connectivity index (χ3v) is 3.87. The summed E-state index contributed by atoms with van der Waals surface area (Å²) in [5.41, 5.74) is 1.82. The first-order chi connectivity index (χ1) is 8.81. The normalized spacial score (nSPS) is 11.1. The monoisotopic (exact) mass is 258 g/mol. The predicted octanol–water partition coefficient (Wildman–Crippen LogP) is 3.51. The number of hydrogen-bond acceptors (Lipinski definition) is 3. The number of imidazole rings is 1. The van der Waals surface area contributed by atoms with Crippen molar-refractivity contribution in [2.75, 3.05) is 0 Å². The maximum atomic E-state index is 9.39. The number of H-pyrrole nitrogens is 1. The number of thiophene rings is 1. The third kappa shape index (κ3) is 2.38. The van der Waals surface area contributed by atoms with Crippen molar-refractivity contribution in [3.63, 3.8) is 0 Å². The highest BCUT2D eigenvalue weighted by Gasteiger charge is 2.03. The van der Waals surface area contributed by atoms with Gasteiger partial charge in [-0.05, 0) is 36.4 Å². The number of aromatic hydroxyl groups is 1. The van der Waals surface area contributed by atoms with E-state index in [0.29, 0.717) is 0 Å². The molecule has 18 heavy (non-hydrogen) atoms. The van der Waals surface area contributed by atoms with Gasteiger partial charge in [-0.3, -0.25) is 0 Å². The van der Waals surface area contributed by atoms with Gasteiger partial charge in [0.25, 0.3) is 0 Å². The molecule has 2 aromatic heterocycles. The van der Waals surface area contributed by atoms with Crippen molar-refractivity contribution in [2.24, 2.45) is 0 Å². The van der Waals surface area contributed by atoms with Crippen LogP contribution in [-0.2, 0) is 12.8 Å². The molecule has 0 unspecified atom stereocenters. The Morgan fingerprint density at radius 2 is 2.17 bits per heavy atom. The molecule has 92 valence electrons. The average molecular weight is 258 g/mol. The molecule has 0 radical (unpaired) electrons. The Kier molecular flexibility index (Phi) is 3.02. The molecule has 2 N–H and O–H groups in total. The maximum Gasteiger partial charge on any atom is 0.117 e. The van der Waals surface area contributed by atoms with Gasteiger partial charge in [0.2, 0.25) is 0 Å². The summed E-state index contributed by atoms with van der Waals surface area (Å²) in [5, 5.41) is 11.5. The molecule has 2 heterocycles. The Bertz CT molecular complexity index is 643. The summed E-state index contributed by atoms with van der Waals surface area (Å²) in [6.07, 6.45) is 3.12. The lowest BCUT2D eigenvalue weighted by molar-refractivity contribution is 0.476. The van der Waals surface area contributed by atoms with E-state index in [4.69, 9.17) is 0 Å². The lowest BCUT2D eigenvalue weighted by atomic mass is 10.2. The second kappa shape index (κ2) is 4.82. The van der Waals surface area contributed by atoms with Crippen molar-refractivity contribution >= 4 is 22.4 Å². The van der Waals surface area contributed by atoms with Gasteiger partial charge in [-0.2, -0.15) is 0 Å². The highest BCUT2D eigenvalue weighted by molar-refractivity contribution is 7.09. The molecule has 0 spiro atoms. The number of benzene rings is 1. The summed E-state index contributed by atoms with van der Waals surface area (Å²) < 4.78 is 0. The molecule has 0 atom stereocenters. The van der Waals surface area contributed by atoms with Crippen LogP contribution in [0.15, 0.2) is 35.7 Å². The predicted molar refractivity (Wildman–Crippen MR) is 74.1 cm³/mol. The van der Waals surface area contributed by atoms with Gasteiger partial charge in [-0.15, -0.1) is 11.3 Å². The van der Waals surface area contributed by atoms with E-state index < -0.39 is 0 Å². The largest absolute Gasteiger partial charge is 0.508 e. The molecular weight excluding hydrogens is 244 g/mol. The van der Waals surface area contributed by atoms with Gasteiger partial charge in [-0.1, -0.05) is 6.07 Å². The number of nitrogens with zero attached hydrogens (tertiary/aromatic N) is 1. The zero-order valence-electron chi connectivity index (χ0n) is 9.89. The van der Waals surface area contributed by atoms with E-state index in [1.54, 1.807) is 23.5 Å². The van der Waals surface area contributed by atoms with Crippen molar-refractivity contribution < 1.29 is 5.11 Å². The molecule has 0 amide bonds. The fraction of sp³-hybridized carbons (Fsp3) is 0.214. The van der Waals surface area contributed by atoms with Gasteiger partial charge < -0.3 is 10.1 Å². The van der Waals surface area contributed by atoms with Crippen LogP contribution in [-0.4, -0.2) is 15.1 Å². The van der Waals surface area contributed by atoms with Crippen LogP contribution in [0.4, 0.5) is 0 Å². The van der Waals surface area contributed by atoms with E-state index in [1.807, 2.05) is 6.07 Å². The number of aromatic amines is 1. The van der Waals surface area contributed by atoms with Gasteiger partial charge in [-0.25, -0.2) is 4.98 Å². The molecule has 0 aliphatic heterocycles. The van der Waals surface area contributed by atoms with Crippen molar-refractivity contribution in [1.29, 1.82) is 0 Å². The molecule has 3 nitrogen and oxygen atoms in total. The van der Waals surface area contributed by atoms with E-state index in [1.165, 1.54) is 4.88 Å². The van der Waals surface area contributed by atoms with Crippen LogP contribution < -0.4 is 0 Å². The van der Waals surface area contributed by atoms with Crippen molar-refractivity contribution in [3.05, 3.63) is 46.4 Å². The van der Waals surface area contributed by atoms with Crippen LogP contribution in [0.3, 0.4) is 0 Å². The quantitative estimate of drug-likeness (QED) is 0.752. The average Bonchev–Trinajstić information content (AvgIpc) is 2.97. The standard InChI is InChI=1S/C14H14N2OS/c17-10-6-7-12-13(9-10)16-14(15-12)5-1-3-11-4-2-8-18-11/h2,4,6-9,17H,1,3,5H2,(H,15,16). The number of nitrogens with one attached hydrogen (secondary N) is 1. The third-order valence-electron chi connectivity index (χ3n) is 2.93. The molecule has 1 aromatic carbocycles. The second-order valence-electron chi connectivity index (χ2n) is 4.32. The van der Waals surface area contributed by atoms with Gasteiger partial charge >= 0.3 is 0 Å². The number of phenolic OH excluding ortho intramolecular Hbond substituents is 1. The van der Waals surface area contributed by atoms with Crippen LogP contribution in [0.5, 0.6) is 5.75 Å². The minimum atomic E-state index is 0.274. The maximum absolute atomic E-state index is 9.39. The molecule has 0 aliphatic carbocycles. The molecule has 0 saturated heterocycles. The SMILES string of the molecule is Oc1ccc2nc(CCCc3cccs3)[nH]c2c1. The van der Waals surface area contributed by atoms with Gasteiger partial charge in [0.1, 0.15) is 11.6 Å². The Hall–Kier alpha value is -1.81. The number of phenols is 1. The van der Waals surface area contributed by atoms with Crippen LogP contribution in [0, 0.1) is 0 Å². The molecule has 0 fully saturated rings. The zero-order valence-corrected chi connectivity index (χ0v) is 10.7. The first kappa shape index (κ1) is 11.3. The minimum Gasteiger partial charge on any atom is -0.508 e. The molecule has 3 aromatic rings. The van der Waals surface area contributed by atoms with Crippen LogP contribution in [0.25, 0.3) is 11.0 Å². The highest BCUT2D eigenvalue weighted by atomic mass is 32.1. The summed E-state index contributed by atoms with van der Waals surface area (Å²) in [7, 11) is 0. The summed E-state index contributed by atoms with van der Waals surface area (Å²) in [6.45, 7) is 0. The fourth-order valence-corrected chi connectivity index (χ4v) is 2.80. The number of fused-ring (bicyclic) bond motifs is 1. The van der Waals surface area contributed by atoms with E-state index >= 15 is 0 Å². The van der Waals surface area contributed by atoms with E-state index in [0.717, 1.165) is 36.1 Å². The number of aromatic nitrogens is 2. The van der Waals surface area contributed by atoms with Crippen LogP contribution >= 0.6 is 11.3 Å². The zero-order chi connectivity index (χ0) is 12.4. The van der Waals surface area contributed by atoms with Crippen molar-refractivity contribution in [3.8, 4) is 5.75 Å². The number of hydrogen-bond donors (Lipinski definition) is 2. The van der Waals surface area contributed by atoms with Crippen LogP contribution in [0.2, 0.25) is 0 Å². The smallest absolute Gasteiger partial charge is 0.117 e. The van der Waals surface area contributed by atoms with E-state index in [2.05, 4.69) is 27.5 Å². The first-order valence-electron chi connectivity index (χ1n) is 6.01. The van der Waals surface area contributed by atoms with E-state index in [9.17, 15) is 5.11 Å². The summed E-state index contributed by atoms with van der Waals surface area (Å²) in [6, 6.07) is 9.47. The lowest BCUT2D eigenvalue weighted by Gasteiger charge is -1.95. The molecule has 3 rings (SSSR count). The Morgan fingerprint density at radius 1 is 1.22 bits per heavy atom. The minimum absolute atomic E-state index is 0.274. The fourth-order valence-electron chi connectivity index (χ4n) is 2.05. The first-order valence-corrected chi connectivity index (χ1v) is 6.89. The lowest BCUT2D eigenvalue weighted by Crippen LogP contribution is -1.90. The summed E-state index contributed by atoms with van der Waals surface area (Å²) >= 11 is 1.80. The topological polar surface area (TPSA) is 48.9 Å². The molecule has 0 saturated carbocycles.